The second-order valence-electron chi connectivity index (χ2n) is 6.05. The van der Waals surface area contributed by atoms with E-state index in [4.69, 9.17) is 14.3 Å². The molecule has 0 saturated heterocycles. The lowest BCUT2D eigenvalue weighted by Gasteiger charge is -2.12. The summed E-state index contributed by atoms with van der Waals surface area (Å²) in [5, 5.41) is 6.39. The molecule has 3 aromatic rings. The van der Waals surface area contributed by atoms with E-state index < -0.39 is 0 Å². The van der Waals surface area contributed by atoms with Crippen molar-refractivity contribution in [1.29, 1.82) is 0 Å². The van der Waals surface area contributed by atoms with E-state index in [0.717, 1.165) is 11.3 Å². The summed E-state index contributed by atoms with van der Waals surface area (Å²) in [6, 6.07) is 24.4. The summed E-state index contributed by atoms with van der Waals surface area (Å²) in [5.74, 6) is 1.47. The molecule has 0 aliphatic heterocycles. The van der Waals surface area contributed by atoms with Gasteiger partial charge in [-0.25, -0.2) is 0 Å². The van der Waals surface area contributed by atoms with Crippen molar-refractivity contribution in [2.75, 3.05) is 14.2 Å². The van der Waals surface area contributed by atoms with Gasteiger partial charge in [0.15, 0.2) is 5.71 Å². The van der Waals surface area contributed by atoms with Gasteiger partial charge in [0.25, 0.3) is 5.91 Å². The lowest BCUT2D eigenvalue weighted by atomic mass is 10.1. The second kappa shape index (κ2) is 9.94. The van der Waals surface area contributed by atoms with E-state index in [1.165, 1.54) is 14.2 Å². The second-order valence-corrected chi connectivity index (χ2v) is 6.05. The number of nitrogens with one attached hydrogen (secondary N) is 1. The summed E-state index contributed by atoms with van der Waals surface area (Å²) in [6.07, 6.45) is 0. The van der Waals surface area contributed by atoms with Crippen molar-refractivity contribution in [3.05, 3.63) is 90.0 Å². The Morgan fingerprint density at radius 2 is 1.55 bits per heavy atom. The predicted molar refractivity (Wildman–Crippen MR) is 111 cm³/mol. The molecule has 0 bridgehead atoms. The molecule has 0 atom stereocenters. The summed E-state index contributed by atoms with van der Waals surface area (Å²) in [4.78, 5) is 17.0. The molecule has 0 fully saturated rings. The smallest absolute Gasteiger partial charge is 0.273 e. The summed E-state index contributed by atoms with van der Waals surface area (Å²) >= 11 is 0. The van der Waals surface area contributed by atoms with Gasteiger partial charge in [-0.15, -0.1) is 0 Å². The fourth-order valence-electron chi connectivity index (χ4n) is 2.65. The van der Waals surface area contributed by atoms with Crippen LogP contribution in [0.4, 0.5) is 0 Å². The number of hydrogen-bond acceptors (Lipinski definition) is 5. The minimum absolute atomic E-state index is 0.133. The largest absolute Gasteiger partial charge is 0.489 e. The number of carbonyl (C=O) groups is 1. The zero-order valence-corrected chi connectivity index (χ0v) is 16.3. The van der Waals surface area contributed by atoms with Crippen LogP contribution in [0.1, 0.15) is 11.1 Å². The quantitative estimate of drug-likeness (QED) is 0.463. The van der Waals surface area contributed by atoms with Gasteiger partial charge in [0.05, 0.1) is 5.56 Å². The van der Waals surface area contributed by atoms with Gasteiger partial charge in [-0.05, 0) is 42.0 Å². The number of para-hydroxylation sites is 1. The molecule has 6 heteroatoms. The molecular weight excluding hydrogens is 368 g/mol. The number of benzene rings is 3. The number of oxime groups is 1. The third kappa shape index (κ3) is 5.35. The number of ether oxygens (including phenoxy) is 2. The van der Waals surface area contributed by atoms with Crippen LogP contribution >= 0.6 is 0 Å². The summed E-state index contributed by atoms with van der Waals surface area (Å²) in [6.45, 7) is 0.493. The average Bonchev–Trinajstić information content (AvgIpc) is 2.78. The molecule has 0 radical (unpaired) electrons. The van der Waals surface area contributed by atoms with Gasteiger partial charge >= 0.3 is 0 Å². The van der Waals surface area contributed by atoms with E-state index in [0.29, 0.717) is 23.7 Å². The summed E-state index contributed by atoms with van der Waals surface area (Å²) in [5.41, 5.74) is 1.76. The number of hydrogen-bond donors (Lipinski definition) is 1. The van der Waals surface area contributed by atoms with E-state index in [2.05, 4.69) is 10.5 Å². The fraction of sp³-hybridized carbons (Fsp3) is 0.130. The molecule has 0 spiro atoms. The standard InChI is InChI=1S/C23H22N2O4/c1-24-23(26)22(25-27-2)20-10-6-7-11-21(20)29-19-14-12-18(13-15-19)28-16-17-8-4-3-5-9-17/h3-15H,16H2,1-2H3,(H,24,26)/b25-22-. The zero-order valence-electron chi connectivity index (χ0n) is 16.3. The zero-order chi connectivity index (χ0) is 20.5. The molecule has 1 amide bonds. The van der Waals surface area contributed by atoms with Crippen LogP contribution in [0.3, 0.4) is 0 Å². The van der Waals surface area contributed by atoms with Crippen molar-refractivity contribution in [1.82, 2.24) is 5.32 Å². The third-order valence-electron chi connectivity index (χ3n) is 4.07. The van der Waals surface area contributed by atoms with Crippen LogP contribution in [0.2, 0.25) is 0 Å². The van der Waals surface area contributed by atoms with Crippen LogP contribution in [-0.2, 0) is 16.2 Å². The highest BCUT2D eigenvalue weighted by atomic mass is 16.6. The third-order valence-corrected chi connectivity index (χ3v) is 4.07. The molecule has 0 heterocycles. The minimum atomic E-state index is -0.368. The van der Waals surface area contributed by atoms with Crippen LogP contribution in [-0.4, -0.2) is 25.8 Å². The van der Waals surface area contributed by atoms with Gasteiger partial charge in [-0.3, -0.25) is 4.79 Å². The van der Waals surface area contributed by atoms with Crippen molar-refractivity contribution >= 4 is 11.6 Å². The predicted octanol–water partition coefficient (Wildman–Crippen LogP) is 4.15. The van der Waals surface area contributed by atoms with Gasteiger partial charge in [0, 0.05) is 7.05 Å². The number of carbonyl (C=O) groups excluding carboxylic acids is 1. The van der Waals surface area contributed by atoms with E-state index >= 15 is 0 Å². The Bertz CT molecular complexity index is 970. The first-order valence-electron chi connectivity index (χ1n) is 9.08. The number of nitrogens with zero attached hydrogens (tertiary/aromatic N) is 1. The molecule has 0 aliphatic rings. The van der Waals surface area contributed by atoms with Crippen LogP contribution in [0.5, 0.6) is 17.2 Å². The SMILES string of the molecule is CNC(=O)/C(=N\OC)c1ccccc1Oc1ccc(OCc2ccccc2)cc1. The Labute approximate surface area is 169 Å². The maximum Gasteiger partial charge on any atom is 0.273 e. The first kappa shape index (κ1) is 19.9. The number of amides is 1. The van der Waals surface area contributed by atoms with Crippen molar-refractivity contribution in [2.24, 2.45) is 5.16 Å². The van der Waals surface area contributed by atoms with Gasteiger partial charge in [-0.2, -0.15) is 0 Å². The van der Waals surface area contributed by atoms with Gasteiger partial charge < -0.3 is 19.6 Å². The highest BCUT2D eigenvalue weighted by Gasteiger charge is 2.18. The molecule has 29 heavy (non-hydrogen) atoms. The van der Waals surface area contributed by atoms with Crippen molar-refractivity contribution < 1.29 is 19.1 Å². The topological polar surface area (TPSA) is 69.2 Å². The van der Waals surface area contributed by atoms with Gasteiger partial charge in [0.1, 0.15) is 31.0 Å². The Kier molecular flexibility index (Phi) is 6.84. The molecule has 3 aromatic carbocycles. The Morgan fingerprint density at radius 1 is 0.897 bits per heavy atom. The molecule has 148 valence electrons. The van der Waals surface area contributed by atoms with Crippen LogP contribution in [0.15, 0.2) is 84.0 Å². The minimum Gasteiger partial charge on any atom is -0.489 e. The summed E-state index contributed by atoms with van der Waals surface area (Å²) < 4.78 is 11.8. The summed E-state index contributed by atoms with van der Waals surface area (Å²) in [7, 11) is 2.92. The van der Waals surface area contributed by atoms with E-state index in [-0.39, 0.29) is 11.6 Å². The first-order chi connectivity index (χ1) is 14.2. The maximum atomic E-state index is 12.1. The van der Waals surface area contributed by atoms with Crippen molar-refractivity contribution in [3.8, 4) is 17.2 Å². The molecule has 0 unspecified atom stereocenters. The normalized spacial score (nSPS) is 10.9. The molecule has 0 saturated carbocycles. The van der Waals surface area contributed by atoms with E-state index in [1.54, 1.807) is 18.2 Å². The van der Waals surface area contributed by atoms with Gasteiger partial charge in [-0.1, -0.05) is 47.6 Å². The number of likely N-dealkylation sites (N-methyl/N-ethyl adjacent to an activating group) is 1. The number of rotatable bonds is 8. The highest BCUT2D eigenvalue weighted by Crippen LogP contribution is 2.27. The monoisotopic (exact) mass is 390 g/mol. The van der Waals surface area contributed by atoms with Crippen LogP contribution < -0.4 is 14.8 Å². The lowest BCUT2D eigenvalue weighted by molar-refractivity contribution is -0.114. The lowest BCUT2D eigenvalue weighted by Crippen LogP contribution is -2.28. The molecule has 0 aromatic heterocycles. The Hall–Kier alpha value is -3.80. The Balaban J connectivity index is 1.73. The van der Waals surface area contributed by atoms with Crippen molar-refractivity contribution in [3.63, 3.8) is 0 Å². The molecule has 1 N–H and O–H groups in total. The highest BCUT2D eigenvalue weighted by molar-refractivity contribution is 6.45. The van der Waals surface area contributed by atoms with Crippen LogP contribution in [0.25, 0.3) is 0 Å². The van der Waals surface area contributed by atoms with Gasteiger partial charge in [0.2, 0.25) is 0 Å². The van der Waals surface area contributed by atoms with E-state index in [9.17, 15) is 4.79 Å². The molecule has 3 rings (SSSR count). The molecule has 0 aliphatic carbocycles. The maximum absolute atomic E-state index is 12.1. The molecule has 6 nitrogen and oxygen atoms in total. The average molecular weight is 390 g/mol. The first-order valence-corrected chi connectivity index (χ1v) is 9.08. The van der Waals surface area contributed by atoms with E-state index in [1.807, 2.05) is 60.7 Å². The van der Waals surface area contributed by atoms with Crippen LogP contribution in [0, 0.1) is 0 Å². The van der Waals surface area contributed by atoms with Crippen molar-refractivity contribution in [2.45, 2.75) is 6.61 Å². The molecular formula is C23H22N2O4. The fourth-order valence-corrected chi connectivity index (χ4v) is 2.65. The Morgan fingerprint density at radius 3 is 2.24 bits per heavy atom.